The van der Waals surface area contributed by atoms with Crippen LogP contribution in [-0.4, -0.2) is 20.9 Å². The van der Waals surface area contributed by atoms with Gasteiger partial charge in [0.2, 0.25) is 0 Å². The number of aromatic nitrogens is 2. The van der Waals surface area contributed by atoms with Gasteiger partial charge >= 0.3 is 12.1 Å². The summed E-state index contributed by atoms with van der Waals surface area (Å²) in [4.78, 5) is 10.7. The Balaban J connectivity index is 3.14. The molecule has 5 nitrogen and oxygen atoms in total. The molecule has 1 atom stereocenters. The van der Waals surface area contributed by atoms with E-state index in [2.05, 4.69) is 5.10 Å². The van der Waals surface area contributed by atoms with Crippen molar-refractivity contribution in [2.75, 3.05) is 5.73 Å². The van der Waals surface area contributed by atoms with E-state index in [4.69, 9.17) is 10.8 Å². The highest BCUT2D eigenvalue weighted by Gasteiger charge is 2.37. The van der Waals surface area contributed by atoms with Crippen LogP contribution in [0.25, 0.3) is 0 Å². The molecule has 1 rings (SSSR count). The lowest BCUT2D eigenvalue weighted by Crippen LogP contribution is -2.19. The van der Waals surface area contributed by atoms with Crippen molar-refractivity contribution < 1.29 is 23.1 Å². The lowest BCUT2D eigenvalue weighted by atomic mass is 10.2. The molecule has 0 saturated carbocycles. The highest BCUT2D eigenvalue weighted by molar-refractivity contribution is 5.71. The Morgan fingerprint density at radius 1 is 1.69 bits per heavy atom. The maximum Gasteiger partial charge on any atom is 0.437 e. The third-order valence-electron chi connectivity index (χ3n) is 2.02. The third kappa shape index (κ3) is 2.26. The van der Waals surface area contributed by atoms with E-state index in [9.17, 15) is 18.0 Å². The zero-order valence-corrected chi connectivity index (χ0v) is 8.32. The van der Waals surface area contributed by atoms with E-state index in [1.54, 1.807) is 0 Å². The van der Waals surface area contributed by atoms with Gasteiger partial charge in [-0.15, -0.1) is 0 Å². The van der Waals surface area contributed by atoms with Crippen molar-refractivity contribution in [2.45, 2.75) is 25.6 Å². The first-order valence-electron chi connectivity index (χ1n) is 4.42. The summed E-state index contributed by atoms with van der Waals surface area (Å²) in [5, 5.41) is 11.9. The van der Waals surface area contributed by atoms with Crippen LogP contribution in [0.15, 0.2) is 6.20 Å². The van der Waals surface area contributed by atoms with Crippen molar-refractivity contribution in [1.29, 1.82) is 0 Å². The summed E-state index contributed by atoms with van der Waals surface area (Å²) in [6.45, 7) is 1.53. The van der Waals surface area contributed by atoms with E-state index in [0.29, 0.717) is 0 Å². The van der Waals surface area contributed by atoms with Crippen LogP contribution in [0.1, 0.15) is 25.1 Å². The van der Waals surface area contributed by atoms with Crippen molar-refractivity contribution >= 4 is 11.7 Å². The normalized spacial score (nSPS) is 13.8. The van der Waals surface area contributed by atoms with E-state index in [0.717, 1.165) is 10.9 Å². The van der Waals surface area contributed by atoms with Crippen LogP contribution < -0.4 is 5.73 Å². The van der Waals surface area contributed by atoms with Crippen LogP contribution in [-0.2, 0) is 11.0 Å². The second-order valence-corrected chi connectivity index (χ2v) is 3.17. The van der Waals surface area contributed by atoms with Gasteiger partial charge in [-0.2, -0.15) is 18.3 Å². The number of carboxylic acid groups (broad SMARTS) is 1. The molecule has 0 aliphatic rings. The van der Waals surface area contributed by atoms with Gasteiger partial charge in [-0.3, -0.25) is 4.68 Å². The monoisotopic (exact) mass is 237 g/mol. The highest BCUT2D eigenvalue weighted by atomic mass is 19.4. The molecule has 0 aliphatic carbocycles. The summed E-state index contributed by atoms with van der Waals surface area (Å²) in [7, 11) is 0. The Bertz CT molecular complexity index is 400. The first kappa shape index (κ1) is 12.3. The molecular weight excluding hydrogens is 227 g/mol. The van der Waals surface area contributed by atoms with Crippen LogP contribution in [0.5, 0.6) is 0 Å². The summed E-state index contributed by atoms with van der Waals surface area (Å²) >= 11 is 0. The first-order valence-corrected chi connectivity index (χ1v) is 4.42. The van der Waals surface area contributed by atoms with Gasteiger partial charge in [0.15, 0.2) is 5.69 Å². The standard InChI is InChI=1S/C8H10F3N3O2/c1-2-5(7(15)16)14-3-4(12)6(13-14)8(9,10)11/h3,5H,2,12H2,1H3,(H,15,16). The quantitative estimate of drug-likeness (QED) is 0.835. The highest BCUT2D eigenvalue weighted by Crippen LogP contribution is 2.32. The van der Waals surface area contributed by atoms with E-state index < -0.39 is 29.6 Å². The van der Waals surface area contributed by atoms with Crippen molar-refractivity contribution in [1.82, 2.24) is 9.78 Å². The molecule has 0 saturated heterocycles. The largest absolute Gasteiger partial charge is 0.480 e. The second kappa shape index (κ2) is 4.03. The number of nitrogens with zero attached hydrogens (tertiary/aromatic N) is 2. The Labute approximate surface area is 88.7 Å². The summed E-state index contributed by atoms with van der Waals surface area (Å²) in [5.41, 5.74) is 3.29. The van der Waals surface area contributed by atoms with Gasteiger partial charge in [-0.1, -0.05) is 6.92 Å². The van der Waals surface area contributed by atoms with Gasteiger partial charge in [-0.25, -0.2) is 4.79 Å². The molecule has 1 aromatic rings. The van der Waals surface area contributed by atoms with Crippen LogP contribution in [0.3, 0.4) is 0 Å². The van der Waals surface area contributed by atoms with Gasteiger partial charge in [0.25, 0.3) is 0 Å². The number of alkyl halides is 3. The summed E-state index contributed by atoms with van der Waals surface area (Å²) in [6.07, 6.45) is -3.68. The molecule has 3 N–H and O–H groups in total. The summed E-state index contributed by atoms with van der Waals surface area (Å²) in [6, 6.07) is -1.14. The third-order valence-corrected chi connectivity index (χ3v) is 2.02. The molecule has 0 radical (unpaired) electrons. The molecule has 8 heteroatoms. The zero-order valence-electron chi connectivity index (χ0n) is 8.32. The van der Waals surface area contributed by atoms with Crippen molar-refractivity contribution in [3.8, 4) is 0 Å². The smallest absolute Gasteiger partial charge is 0.437 e. The number of aliphatic carboxylic acids is 1. The number of nitrogen functional groups attached to an aromatic ring is 1. The van der Waals surface area contributed by atoms with Gasteiger partial charge in [-0.05, 0) is 6.42 Å². The Morgan fingerprint density at radius 3 is 2.56 bits per heavy atom. The number of hydrogen-bond acceptors (Lipinski definition) is 3. The minimum atomic E-state index is -4.67. The molecule has 0 fully saturated rings. The molecule has 0 aliphatic heterocycles. The molecule has 1 unspecified atom stereocenters. The molecule has 90 valence electrons. The summed E-state index contributed by atoms with van der Waals surface area (Å²) in [5.74, 6) is -1.25. The minimum Gasteiger partial charge on any atom is -0.480 e. The lowest BCUT2D eigenvalue weighted by molar-refractivity contribution is -0.144. The van der Waals surface area contributed by atoms with Gasteiger partial charge in [0.05, 0.1) is 5.69 Å². The van der Waals surface area contributed by atoms with Gasteiger partial charge < -0.3 is 10.8 Å². The molecule has 1 aromatic heterocycles. The second-order valence-electron chi connectivity index (χ2n) is 3.17. The molecule has 0 bridgehead atoms. The van der Waals surface area contributed by atoms with Gasteiger partial charge in [0, 0.05) is 6.20 Å². The van der Waals surface area contributed by atoms with E-state index in [1.165, 1.54) is 6.92 Å². The molecule has 0 amide bonds. The van der Waals surface area contributed by atoms with Crippen LogP contribution in [0.4, 0.5) is 18.9 Å². The topological polar surface area (TPSA) is 81.1 Å². The Kier molecular flexibility index (Phi) is 3.11. The number of hydrogen-bond donors (Lipinski definition) is 2. The summed E-state index contributed by atoms with van der Waals surface area (Å²) < 4.78 is 37.7. The van der Waals surface area contributed by atoms with Gasteiger partial charge in [0.1, 0.15) is 6.04 Å². The molecule has 1 heterocycles. The average molecular weight is 237 g/mol. The number of rotatable bonds is 3. The van der Waals surface area contributed by atoms with E-state index in [-0.39, 0.29) is 6.42 Å². The first-order chi connectivity index (χ1) is 7.27. The van der Waals surface area contributed by atoms with Crippen LogP contribution in [0.2, 0.25) is 0 Å². The number of nitrogens with two attached hydrogens (primary N) is 1. The Morgan fingerprint density at radius 2 is 2.25 bits per heavy atom. The zero-order chi connectivity index (χ0) is 12.5. The predicted molar refractivity (Wildman–Crippen MR) is 48.6 cm³/mol. The van der Waals surface area contributed by atoms with Crippen molar-refractivity contribution in [3.05, 3.63) is 11.9 Å². The number of halogens is 3. The number of anilines is 1. The Hall–Kier alpha value is -1.73. The maximum absolute atomic E-state index is 12.3. The fourth-order valence-corrected chi connectivity index (χ4v) is 1.26. The SMILES string of the molecule is CCC(C(=O)O)n1cc(N)c(C(F)(F)F)n1. The minimum absolute atomic E-state index is 0.119. The van der Waals surface area contributed by atoms with Crippen LogP contribution >= 0.6 is 0 Å². The maximum atomic E-state index is 12.3. The van der Waals surface area contributed by atoms with E-state index >= 15 is 0 Å². The average Bonchev–Trinajstić information content (AvgIpc) is 2.47. The van der Waals surface area contributed by atoms with E-state index in [1.807, 2.05) is 0 Å². The van der Waals surface area contributed by atoms with Crippen molar-refractivity contribution in [2.24, 2.45) is 0 Å². The predicted octanol–water partition coefficient (Wildman–Crippen LogP) is 1.52. The molecule has 0 spiro atoms. The number of carbonyl (C=O) groups is 1. The fraction of sp³-hybridized carbons (Fsp3) is 0.500. The fourth-order valence-electron chi connectivity index (χ4n) is 1.26. The lowest BCUT2D eigenvalue weighted by Gasteiger charge is -2.09. The van der Waals surface area contributed by atoms with Crippen LogP contribution in [0, 0.1) is 0 Å². The molecule has 0 aromatic carbocycles. The van der Waals surface area contributed by atoms with Crippen molar-refractivity contribution in [3.63, 3.8) is 0 Å². The molecular formula is C8H10F3N3O2. The number of carboxylic acids is 1. The molecule has 16 heavy (non-hydrogen) atoms.